The highest BCUT2D eigenvalue weighted by atomic mass is 32.2. The fourth-order valence-corrected chi connectivity index (χ4v) is 8.91. The largest absolute Gasteiger partial charge is 0.465 e. The highest BCUT2D eigenvalue weighted by molar-refractivity contribution is 8.02. The Balaban J connectivity index is 1.43. The maximum absolute atomic E-state index is 14.6. The number of fused-ring (bicyclic) bond motifs is 3. The molecule has 1 unspecified atom stereocenters. The topological polar surface area (TPSA) is 118 Å². The second-order valence-corrected chi connectivity index (χ2v) is 13.3. The molecule has 0 bridgehead atoms. The van der Waals surface area contributed by atoms with Gasteiger partial charge in [-0.05, 0) is 43.7 Å². The molecule has 11 heteroatoms. The molecule has 10 nitrogen and oxygen atoms in total. The number of rotatable bonds is 6. The van der Waals surface area contributed by atoms with Gasteiger partial charge in [-0.1, -0.05) is 55.5 Å². The molecule has 0 aliphatic carbocycles. The highest BCUT2D eigenvalue weighted by Crippen LogP contribution is 2.61. The van der Waals surface area contributed by atoms with Gasteiger partial charge in [-0.2, -0.15) is 0 Å². The summed E-state index contributed by atoms with van der Waals surface area (Å²) in [7, 11) is 0. The Morgan fingerprint density at radius 1 is 1.15 bits per heavy atom. The summed E-state index contributed by atoms with van der Waals surface area (Å²) < 4.78 is 6.42. The molecule has 4 aliphatic rings. The molecule has 1 aromatic heterocycles. The lowest BCUT2D eigenvalue weighted by molar-refractivity contribution is -0.154. The van der Waals surface area contributed by atoms with Crippen molar-refractivity contribution in [1.29, 1.82) is 0 Å². The average Bonchev–Trinajstić information content (AvgIpc) is 3.55. The molecule has 218 valence electrons. The third-order valence-corrected chi connectivity index (χ3v) is 10.4. The molecule has 1 aromatic carbocycles. The SMILES string of the molecule is CC(C)C[C@H](CO)N1C(=O)[C@@H]2[C@H]3C(=O)OCCCC/C=C\[C@H]3S[C@@]23C=CCN(Cn2nnc4ccccc42)C(=O)C13. The van der Waals surface area contributed by atoms with Crippen molar-refractivity contribution < 1.29 is 24.2 Å². The standard InChI is InChI=1S/C30H37N5O5S/c1-19(2)16-20(17-36)35-26-28(38)33(18-34-22-11-7-6-10-21(22)31-32-34)14-9-13-30(26)25(27(35)37)24-23(41-30)12-5-3-4-8-15-40-29(24)39/h5-7,9-13,19-20,23-26,36H,3-4,8,14-18H2,1-2H3/b12-5-/t20-,23-,24+,25+,26?,30+/m1/s1. The molecule has 1 spiro atoms. The summed E-state index contributed by atoms with van der Waals surface area (Å²) in [5.74, 6) is -2.16. The Kier molecular flexibility index (Phi) is 7.67. The van der Waals surface area contributed by atoms with E-state index in [4.69, 9.17) is 4.74 Å². The molecule has 2 fully saturated rings. The van der Waals surface area contributed by atoms with Crippen LogP contribution in [0.5, 0.6) is 0 Å². The van der Waals surface area contributed by atoms with Crippen LogP contribution in [0, 0.1) is 17.8 Å². The number of carbonyl (C=O) groups is 3. The predicted molar refractivity (Wildman–Crippen MR) is 154 cm³/mol. The van der Waals surface area contributed by atoms with Crippen LogP contribution in [0.3, 0.4) is 0 Å². The number of hydrogen-bond donors (Lipinski definition) is 1. The van der Waals surface area contributed by atoms with Crippen molar-refractivity contribution in [1.82, 2.24) is 24.8 Å². The molecule has 1 N–H and O–H groups in total. The zero-order valence-electron chi connectivity index (χ0n) is 23.5. The summed E-state index contributed by atoms with van der Waals surface area (Å²) in [4.78, 5) is 45.9. The Bertz CT molecular complexity index is 1390. The van der Waals surface area contributed by atoms with Gasteiger partial charge >= 0.3 is 5.97 Å². The molecule has 41 heavy (non-hydrogen) atoms. The van der Waals surface area contributed by atoms with Crippen LogP contribution in [0.25, 0.3) is 11.0 Å². The number of esters is 1. The van der Waals surface area contributed by atoms with Crippen LogP contribution in [0.15, 0.2) is 48.6 Å². The van der Waals surface area contributed by atoms with Gasteiger partial charge in [-0.25, -0.2) is 4.68 Å². The van der Waals surface area contributed by atoms with Crippen LogP contribution >= 0.6 is 11.8 Å². The number of carbonyl (C=O) groups excluding carboxylic acids is 3. The van der Waals surface area contributed by atoms with E-state index in [2.05, 4.69) is 16.4 Å². The number of thioether (sulfide) groups is 1. The lowest BCUT2D eigenvalue weighted by atomic mass is 9.78. The van der Waals surface area contributed by atoms with Gasteiger partial charge in [0.05, 0.1) is 41.4 Å². The van der Waals surface area contributed by atoms with Crippen LogP contribution in [0.4, 0.5) is 0 Å². The minimum atomic E-state index is -0.968. The number of cyclic esters (lactones) is 1. The minimum absolute atomic E-state index is 0.163. The van der Waals surface area contributed by atoms with Gasteiger partial charge in [-0.3, -0.25) is 14.4 Å². The Hall–Kier alpha value is -3.18. The minimum Gasteiger partial charge on any atom is -0.465 e. The Morgan fingerprint density at radius 3 is 2.78 bits per heavy atom. The lowest BCUT2D eigenvalue weighted by Gasteiger charge is -2.39. The van der Waals surface area contributed by atoms with Gasteiger partial charge in [0, 0.05) is 11.8 Å². The van der Waals surface area contributed by atoms with Gasteiger partial charge in [0.1, 0.15) is 18.2 Å². The molecule has 4 aliphatic heterocycles. The molecule has 6 rings (SSSR count). The van der Waals surface area contributed by atoms with Crippen LogP contribution in [-0.2, 0) is 25.8 Å². The smallest absolute Gasteiger partial charge is 0.311 e. The third kappa shape index (κ3) is 4.76. The molecule has 0 radical (unpaired) electrons. The van der Waals surface area contributed by atoms with Crippen LogP contribution < -0.4 is 0 Å². The lowest BCUT2D eigenvalue weighted by Crippen LogP contribution is -2.56. The number of likely N-dealkylation sites (tertiary alicyclic amines) is 1. The monoisotopic (exact) mass is 579 g/mol. The van der Waals surface area contributed by atoms with Gasteiger partial charge < -0.3 is 19.6 Å². The van der Waals surface area contributed by atoms with E-state index >= 15 is 0 Å². The van der Waals surface area contributed by atoms with E-state index in [-0.39, 0.29) is 42.2 Å². The summed E-state index contributed by atoms with van der Waals surface area (Å²) >= 11 is 1.52. The van der Waals surface area contributed by atoms with Crippen molar-refractivity contribution in [2.75, 3.05) is 19.8 Å². The molecular formula is C30H37N5O5S. The van der Waals surface area contributed by atoms with Crippen LogP contribution in [-0.4, -0.2) is 89.5 Å². The summed E-state index contributed by atoms with van der Waals surface area (Å²) in [6, 6.07) is 6.14. The second kappa shape index (κ2) is 11.2. The first-order valence-corrected chi connectivity index (χ1v) is 15.4. The van der Waals surface area contributed by atoms with Gasteiger partial charge in [0.15, 0.2) is 0 Å². The number of aliphatic hydroxyl groups excluding tert-OH is 1. The predicted octanol–water partition coefficient (Wildman–Crippen LogP) is 2.77. The number of aliphatic hydroxyl groups is 1. The first kappa shape index (κ1) is 28.0. The molecule has 2 saturated heterocycles. The van der Waals surface area contributed by atoms with Crippen LogP contribution in [0.2, 0.25) is 0 Å². The van der Waals surface area contributed by atoms with Crippen LogP contribution in [0.1, 0.15) is 39.5 Å². The first-order chi connectivity index (χ1) is 19.9. The van der Waals surface area contributed by atoms with Crippen molar-refractivity contribution >= 4 is 40.6 Å². The van der Waals surface area contributed by atoms with Crippen molar-refractivity contribution in [2.24, 2.45) is 17.8 Å². The number of benzene rings is 1. The van der Waals surface area contributed by atoms with E-state index in [1.165, 1.54) is 11.8 Å². The number of aromatic nitrogens is 3. The van der Waals surface area contributed by atoms with Crippen molar-refractivity contribution in [3.63, 3.8) is 0 Å². The first-order valence-electron chi connectivity index (χ1n) is 14.5. The van der Waals surface area contributed by atoms with Gasteiger partial charge in [-0.15, -0.1) is 16.9 Å². The second-order valence-electron chi connectivity index (χ2n) is 11.8. The van der Waals surface area contributed by atoms with E-state index in [1.807, 2.05) is 56.3 Å². The maximum atomic E-state index is 14.6. The molecule has 5 heterocycles. The maximum Gasteiger partial charge on any atom is 0.311 e. The Morgan fingerprint density at radius 2 is 1.98 bits per heavy atom. The fourth-order valence-electron chi connectivity index (χ4n) is 6.93. The van der Waals surface area contributed by atoms with Crippen molar-refractivity contribution in [3.05, 3.63) is 48.6 Å². The summed E-state index contributed by atoms with van der Waals surface area (Å²) in [6.07, 6.45) is 11.2. The summed E-state index contributed by atoms with van der Waals surface area (Å²) in [6.45, 7) is 4.61. The summed E-state index contributed by atoms with van der Waals surface area (Å²) in [5.41, 5.74) is 1.54. The fraction of sp³-hybridized carbons (Fsp3) is 0.567. The van der Waals surface area contributed by atoms with E-state index in [9.17, 15) is 19.5 Å². The quantitative estimate of drug-likeness (QED) is 0.410. The normalized spacial score (nSPS) is 31.6. The van der Waals surface area contributed by atoms with Crippen molar-refractivity contribution in [3.8, 4) is 0 Å². The zero-order valence-corrected chi connectivity index (χ0v) is 24.3. The zero-order chi connectivity index (χ0) is 28.7. The molecular weight excluding hydrogens is 542 g/mol. The molecule has 2 aromatic rings. The highest BCUT2D eigenvalue weighted by Gasteiger charge is 2.71. The number of ether oxygens (including phenoxy) is 1. The number of amides is 2. The van der Waals surface area contributed by atoms with Gasteiger partial charge in [0.2, 0.25) is 11.8 Å². The summed E-state index contributed by atoms with van der Waals surface area (Å²) in [5, 5.41) is 18.8. The number of nitrogens with zero attached hydrogens (tertiary/aromatic N) is 5. The number of para-hydroxylation sites is 1. The average molecular weight is 580 g/mol. The van der Waals surface area contributed by atoms with Gasteiger partial charge in [0.25, 0.3) is 0 Å². The van der Waals surface area contributed by atoms with E-state index in [0.29, 0.717) is 19.6 Å². The molecule has 2 amide bonds. The Labute approximate surface area is 243 Å². The third-order valence-electron chi connectivity index (χ3n) is 8.70. The molecule has 0 saturated carbocycles. The number of hydrogen-bond acceptors (Lipinski definition) is 8. The number of allylic oxidation sites excluding steroid dienone is 1. The van der Waals surface area contributed by atoms with E-state index in [0.717, 1.165) is 30.3 Å². The van der Waals surface area contributed by atoms with Crippen molar-refractivity contribution in [2.45, 2.75) is 68.3 Å². The van der Waals surface area contributed by atoms with E-state index < -0.39 is 28.7 Å². The van der Waals surface area contributed by atoms with E-state index in [1.54, 1.807) is 14.5 Å². The molecule has 6 atom stereocenters.